The molecule has 0 unspecified atom stereocenters. The van der Waals surface area contributed by atoms with Crippen LogP contribution in [0.2, 0.25) is 0 Å². The van der Waals surface area contributed by atoms with Crippen LogP contribution in [-0.2, 0) is 4.74 Å². The topological polar surface area (TPSA) is 59.1 Å². The minimum atomic E-state index is 0.730. The normalized spacial score (nSPS) is 14.6. The third-order valence-corrected chi connectivity index (χ3v) is 3.08. The summed E-state index contributed by atoms with van der Waals surface area (Å²) in [5.41, 5.74) is 1.05. The van der Waals surface area contributed by atoms with Gasteiger partial charge in [0.1, 0.15) is 17.5 Å². The van der Waals surface area contributed by atoms with E-state index in [1.54, 1.807) is 0 Å². The molecule has 2 rings (SSSR count). The van der Waals surface area contributed by atoms with Crippen molar-refractivity contribution in [3.05, 3.63) is 11.4 Å². The molecule has 0 atom stereocenters. The molecule has 5 nitrogen and oxygen atoms in total. The smallest absolute Gasteiger partial charge is 0.134 e. The first kappa shape index (κ1) is 13.1. The van der Waals surface area contributed by atoms with E-state index in [0.717, 1.165) is 48.7 Å². The van der Waals surface area contributed by atoms with Gasteiger partial charge in [-0.1, -0.05) is 0 Å². The van der Waals surface area contributed by atoms with Crippen LogP contribution < -0.4 is 10.6 Å². The van der Waals surface area contributed by atoms with Crippen LogP contribution in [0, 0.1) is 19.8 Å². The Bertz CT molecular complexity index is 404. The van der Waals surface area contributed by atoms with E-state index in [1.807, 2.05) is 20.9 Å². The van der Waals surface area contributed by atoms with Crippen molar-refractivity contribution < 1.29 is 4.74 Å². The maximum Gasteiger partial charge on any atom is 0.134 e. The standard InChI is InChI=1S/C13H22N4O/c1-9-12(14-3)16-10(2)17-13(9)15-6-7-18-8-11-4-5-11/h11H,4-8H2,1-3H3,(H2,14,15,16,17). The van der Waals surface area contributed by atoms with Gasteiger partial charge < -0.3 is 15.4 Å². The Morgan fingerprint density at radius 2 is 1.94 bits per heavy atom. The Labute approximate surface area is 108 Å². The monoisotopic (exact) mass is 250 g/mol. The van der Waals surface area contributed by atoms with E-state index in [-0.39, 0.29) is 0 Å². The maximum atomic E-state index is 5.58. The molecule has 0 saturated heterocycles. The van der Waals surface area contributed by atoms with E-state index >= 15 is 0 Å². The van der Waals surface area contributed by atoms with Crippen LogP contribution in [-0.4, -0.2) is 36.8 Å². The molecular weight excluding hydrogens is 228 g/mol. The van der Waals surface area contributed by atoms with Crippen LogP contribution >= 0.6 is 0 Å². The second-order valence-corrected chi connectivity index (χ2v) is 4.79. The van der Waals surface area contributed by atoms with Gasteiger partial charge in [-0.25, -0.2) is 9.97 Å². The third-order valence-electron chi connectivity index (χ3n) is 3.08. The zero-order valence-electron chi connectivity index (χ0n) is 11.4. The Hall–Kier alpha value is -1.36. The quantitative estimate of drug-likeness (QED) is 0.725. The molecule has 2 N–H and O–H groups in total. The van der Waals surface area contributed by atoms with Gasteiger partial charge in [-0.3, -0.25) is 0 Å². The van der Waals surface area contributed by atoms with E-state index in [9.17, 15) is 0 Å². The highest BCUT2D eigenvalue weighted by Gasteiger charge is 2.20. The maximum absolute atomic E-state index is 5.58. The summed E-state index contributed by atoms with van der Waals surface area (Å²) >= 11 is 0. The lowest BCUT2D eigenvalue weighted by Gasteiger charge is -2.12. The van der Waals surface area contributed by atoms with Crippen molar-refractivity contribution in [2.75, 3.05) is 37.4 Å². The van der Waals surface area contributed by atoms with Gasteiger partial charge in [-0.05, 0) is 32.6 Å². The zero-order valence-corrected chi connectivity index (χ0v) is 11.4. The van der Waals surface area contributed by atoms with Gasteiger partial charge in [0.15, 0.2) is 0 Å². The predicted molar refractivity (Wildman–Crippen MR) is 73.1 cm³/mol. The van der Waals surface area contributed by atoms with Gasteiger partial charge in [0.25, 0.3) is 0 Å². The fourth-order valence-electron chi connectivity index (χ4n) is 1.82. The highest BCUT2D eigenvalue weighted by molar-refractivity contribution is 5.56. The number of anilines is 2. The molecule has 1 aromatic rings. The van der Waals surface area contributed by atoms with Crippen molar-refractivity contribution >= 4 is 11.6 Å². The molecule has 0 spiro atoms. The van der Waals surface area contributed by atoms with Crippen LogP contribution in [0.25, 0.3) is 0 Å². The molecule has 18 heavy (non-hydrogen) atoms. The lowest BCUT2D eigenvalue weighted by molar-refractivity contribution is 0.134. The first-order chi connectivity index (χ1) is 8.70. The molecule has 0 aromatic carbocycles. The number of aromatic nitrogens is 2. The molecule has 1 fully saturated rings. The van der Waals surface area contributed by atoms with Crippen molar-refractivity contribution in [3.8, 4) is 0 Å². The number of aryl methyl sites for hydroxylation is 1. The number of nitrogens with zero attached hydrogens (tertiary/aromatic N) is 2. The first-order valence-corrected chi connectivity index (χ1v) is 6.55. The largest absolute Gasteiger partial charge is 0.379 e. The molecule has 1 saturated carbocycles. The summed E-state index contributed by atoms with van der Waals surface area (Å²) < 4.78 is 5.58. The number of hydrogen-bond donors (Lipinski definition) is 2. The van der Waals surface area contributed by atoms with Gasteiger partial charge in [-0.2, -0.15) is 0 Å². The first-order valence-electron chi connectivity index (χ1n) is 6.55. The Balaban J connectivity index is 1.81. The molecule has 0 amide bonds. The summed E-state index contributed by atoms with van der Waals surface area (Å²) in [4.78, 5) is 8.74. The van der Waals surface area contributed by atoms with E-state index in [2.05, 4.69) is 20.6 Å². The molecular formula is C13H22N4O. The minimum absolute atomic E-state index is 0.730. The molecule has 1 aromatic heterocycles. The van der Waals surface area contributed by atoms with Gasteiger partial charge >= 0.3 is 0 Å². The van der Waals surface area contributed by atoms with E-state index in [0.29, 0.717) is 0 Å². The summed E-state index contributed by atoms with van der Waals surface area (Å²) in [5, 5.41) is 6.39. The van der Waals surface area contributed by atoms with Gasteiger partial charge in [0.2, 0.25) is 0 Å². The molecule has 0 radical (unpaired) electrons. The van der Waals surface area contributed by atoms with Crippen LogP contribution in [0.1, 0.15) is 24.2 Å². The molecule has 0 bridgehead atoms. The van der Waals surface area contributed by atoms with E-state index in [4.69, 9.17) is 4.74 Å². The third kappa shape index (κ3) is 3.57. The highest BCUT2D eigenvalue weighted by atomic mass is 16.5. The fraction of sp³-hybridized carbons (Fsp3) is 0.692. The van der Waals surface area contributed by atoms with Gasteiger partial charge in [0.05, 0.1) is 6.61 Å². The summed E-state index contributed by atoms with van der Waals surface area (Å²) in [6, 6.07) is 0. The zero-order chi connectivity index (χ0) is 13.0. The second kappa shape index (κ2) is 6.00. The molecule has 1 aliphatic rings. The number of hydrogen-bond acceptors (Lipinski definition) is 5. The predicted octanol–water partition coefficient (Wildman–Crippen LogP) is 1.97. The molecule has 0 aliphatic heterocycles. The fourth-order valence-corrected chi connectivity index (χ4v) is 1.82. The number of rotatable bonds is 7. The Morgan fingerprint density at radius 1 is 1.22 bits per heavy atom. The van der Waals surface area contributed by atoms with Crippen LogP contribution in [0.3, 0.4) is 0 Å². The summed E-state index contributed by atoms with van der Waals surface area (Å²) in [6.07, 6.45) is 2.67. The molecule has 100 valence electrons. The summed E-state index contributed by atoms with van der Waals surface area (Å²) in [5.74, 6) is 3.36. The van der Waals surface area contributed by atoms with Gasteiger partial charge in [-0.15, -0.1) is 0 Å². The second-order valence-electron chi connectivity index (χ2n) is 4.79. The average Bonchev–Trinajstić information content (AvgIpc) is 3.16. The molecule has 1 aliphatic carbocycles. The summed E-state index contributed by atoms with van der Waals surface area (Å²) in [6.45, 7) is 6.33. The van der Waals surface area contributed by atoms with Crippen molar-refractivity contribution in [3.63, 3.8) is 0 Å². The Morgan fingerprint density at radius 3 is 2.61 bits per heavy atom. The van der Waals surface area contributed by atoms with Crippen LogP contribution in [0.15, 0.2) is 0 Å². The molecule has 5 heteroatoms. The van der Waals surface area contributed by atoms with Crippen molar-refractivity contribution in [2.45, 2.75) is 26.7 Å². The van der Waals surface area contributed by atoms with Crippen LogP contribution in [0.4, 0.5) is 11.6 Å². The van der Waals surface area contributed by atoms with Crippen molar-refractivity contribution in [1.82, 2.24) is 9.97 Å². The average molecular weight is 250 g/mol. The minimum Gasteiger partial charge on any atom is -0.379 e. The highest BCUT2D eigenvalue weighted by Crippen LogP contribution is 2.28. The number of nitrogens with one attached hydrogen (secondary N) is 2. The SMILES string of the molecule is CNc1nc(C)nc(NCCOCC2CC2)c1C. The molecule has 1 heterocycles. The van der Waals surface area contributed by atoms with E-state index in [1.165, 1.54) is 12.8 Å². The van der Waals surface area contributed by atoms with Crippen molar-refractivity contribution in [1.29, 1.82) is 0 Å². The van der Waals surface area contributed by atoms with Gasteiger partial charge in [0, 0.05) is 25.8 Å². The summed E-state index contributed by atoms with van der Waals surface area (Å²) in [7, 11) is 1.87. The van der Waals surface area contributed by atoms with E-state index < -0.39 is 0 Å². The van der Waals surface area contributed by atoms with Crippen LogP contribution in [0.5, 0.6) is 0 Å². The van der Waals surface area contributed by atoms with Crippen molar-refractivity contribution in [2.24, 2.45) is 5.92 Å². The number of ether oxygens (including phenoxy) is 1. The lowest BCUT2D eigenvalue weighted by Crippen LogP contribution is -2.14. The lowest BCUT2D eigenvalue weighted by atomic mass is 10.3. The Kier molecular flexibility index (Phi) is 4.36.